The SMILES string of the molecule is Cc1nn(Cc2ccc(C(=O)NCCn3cc([N+](=O)[O-])cn3)cc2)c(C)c1Br. The molecule has 0 aliphatic rings. The molecular formula is C18H19BrN6O3. The van der Waals surface area contributed by atoms with Crippen LogP contribution in [0.1, 0.15) is 27.3 Å². The van der Waals surface area contributed by atoms with E-state index < -0.39 is 4.92 Å². The van der Waals surface area contributed by atoms with Crippen LogP contribution in [0.3, 0.4) is 0 Å². The number of carbonyl (C=O) groups is 1. The highest BCUT2D eigenvalue weighted by Gasteiger charge is 2.11. The third kappa shape index (κ3) is 4.45. The molecular weight excluding hydrogens is 428 g/mol. The highest BCUT2D eigenvalue weighted by molar-refractivity contribution is 9.10. The van der Waals surface area contributed by atoms with Gasteiger partial charge in [-0.2, -0.15) is 10.2 Å². The monoisotopic (exact) mass is 446 g/mol. The van der Waals surface area contributed by atoms with Crippen molar-refractivity contribution in [3.8, 4) is 0 Å². The second-order valence-electron chi connectivity index (χ2n) is 6.31. The Morgan fingerprint density at radius 3 is 2.57 bits per heavy atom. The highest BCUT2D eigenvalue weighted by Crippen LogP contribution is 2.20. The molecule has 10 heteroatoms. The number of nitrogens with one attached hydrogen (secondary N) is 1. The van der Waals surface area contributed by atoms with Gasteiger partial charge in [0, 0.05) is 12.1 Å². The van der Waals surface area contributed by atoms with Gasteiger partial charge >= 0.3 is 5.69 Å². The smallest absolute Gasteiger partial charge is 0.306 e. The molecule has 0 unspecified atom stereocenters. The van der Waals surface area contributed by atoms with E-state index in [9.17, 15) is 14.9 Å². The lowest BCUT2D eigenvalue weighted by Crippen LogP contribution is -2.27. The minimum Gasteiger partial charge on any atom is -0.350 e. The van der Waals surface area contributed by atoms with E-state index in [4.69, 9.17) is 0 Å². The molecule has 146 valence electrons. The third-order valence-corrected chi connectivity index (χ3v) is 5.45. The molecule has 2 aromatic heterocycles. The van der Waals surface area contributed by atoms with Crippen LogP contribution in [0, 0.1) is 24.0 Å². The molecule has 28 heavy (non-hydrogen) atoms. The standard InChI is InChI=1S/C18H19BrN6O3/c1-12-17(19)13(2)24(22-12)10-14-3-5-15(6-4-14)18(26)20-7-8-23-11-16(9-21-23)25(27)28/h3-6,9,11H,7-8,10H2,1-2H3,(H,20,26). The number of carbonyl (C=O) groups excluding carboxylic acids is 1. The van der Waals surface area contributed by atoms with Gasteiger partial charge in [-0.3, -0.25) is 24.3 Å². The first kappa shape index (κ1) is 19.7. The minimum absolute atomic E-state index is 0.0726. The topological polar surface area (TPSA) is 108 Å². The van der Waals surface area contributed by atoms with Crippen LogP contribution < -0.4 is 5.32 Å². The van der Waals surface area contributed by atoms with Crippen LogP contribution in [-0.4, -0.2) is 36.9 Å². The fraction of sp³-hybridized carbons (Fsp3) is 0.278. The molecule has 1 aromatic carbocycles. The normalized spacial score (nSPS) is 10.8. The summed E-state index contributed by atoms with van der Waals surface area (Å²) in [5.74, 6) is -0.206. The molecule has 9 nitrogen and oxygen atoms in total. The third-order valence-electron chi connectivity index (χ3n) is 4.30. The summed E-state index contributed by atoms with van der Waals surface area (Å²) in [6.45, 7) is 5.24. The Morgan fingerprint density at radius 2 is 2.00 bits per heavy atom. The average molecular weight is 447 g/mol. The summed E-state index contributed by atoms with van der Waals surface area (Å²) in [7, 11) is 0. The largest absolute Gasteiger partial charge is 0.350 e. The van der Waals surface area contributed by atoms with Gasteiger partial charge in [0.25, 0.3) is 5.91 Å². The van der Waals surface area contributed by atoms with Gasteiger partial charge < -0.3 is 5.32 Å². The number of nitro groups is 1. The van der Waals surface area contributed by atoms with Gasteiger partial charge in [-0.1, -0.05) is 12.1 Å². The van der Waals surface area contributed by atoms with E-state index in [1.807, 2.05) is 30.7 Å². The van der Waals surface area contributed by atoms with Crippen molar-refractivity contribution >= 4 is 27.5 Å². The molecule has 0 saturated carbocycles. The Bertz CT molecular complexity index is 1010. The van der Waals surface area contributed by atoms with Crippen LogP contribution in [0.4, 0.5) is 5.69 Å². The maximum absolute atomic E-state index is 12.2. The molecule has 2 heterocycles. The number of benzene rings is 1. The second-order valence-corrected chi connectivity index (χ2v) is 7.11. The number of aromatic nitrogens is 4. The van der Waals surface area contributed by atoms with Crippen molar-refractivity contribution in [2.24, 2.45) is 0 Å². The molecule has 0 atom stereocenters. The fourth-order valence-electron chi connectivity index (χ4n) is 2.72. The first-order chi connectivity index (χ1) is 13.3. The van der Waals surface area contributed by atoms with E-state index in [0.717, 1.165) is 21.4 Å². The fourth-order valence-corrected chi connectivity index (χ4v) is 3.00. The Morgan fingerprint density at radius 1 is 1.29 bits per heavy atom. The predicted molar refractivity (Wildman–Crippen MR) is 106 cm³/mol. The summed E-state index contributed by atoms with van der Waals surface area (Å²) >= 11 is 3.52. The highest BCUT2D eigenvalue weighted by atomic mass is 79.9. The van der Waals surface area contributed by atoms with Crippen LogP contribution in [0.25, 0.3) is 0 Å². The molecule has 0 fully saturated rings. The lowest BCUT2D eigenvalue weighted by molar-refractivity contribution is -0.385. The Labute approximate surface area is 169 Å². The molecule has 0 bridgehead atoms. The second kappa shape index (κ2) is 8.34. The van der Waals surface area contributed by atoms with Crippen LogP contribution >= 0.6 is 15.9 Å². The van der Waals surface area contributed by atoms with Gasteiger partial charge in [-0.25, -0.2) is 0 Å². The van der Waals surface area contributed by atoms with E-state index >= 15 is 0 Å². The van der Waals surface area contributed by atoms with Gasteiger partial charge in [0.2, 0.25) is 0 Å². The zero-order valence-corrected chi connectivity index (χ0v) is 17.0. The van der Waals surface area contributed by atoms with E-state index in [1.165, 1.54) is 17.1 Å². The van der Waals surface area contributed by atoms with Crippen LogP contribution in [0.15, 0.2) is 41.1 Å². The van der Waals surface area contributed by atoms with E-state index in [-0.39, 0.29) is 11.6 Å². The number of aryl methyl sites for hydroxylation is 1. The molecule has 0 aliphatic carbocycles. The molecule has 0 aliphatic heterocycles. The zero-order valence-electron chi connectivity index (χ0n) is 15.4. The molecule has 1 amide bonds. The number of hydrogen-bond acceptors (Lipinski definition) is 5. The van der Waals surface area contributed by atoms with Crippen molar-refractivity contribution in [1.82, 2.24) is 24.9 Å². The van der Waals surface area contributed by atoms with Crippen LogP contribution in [0.2, 0.25) is 0 Å². The quantitative estimate of drug-likeness (QED) is 0.443. The summed E-state index contributed by atoms with van der Waals surface area (Å²) in [6.07, 6.45) is 2.51. The van der Waals surface area contributed by atoms with Crippen molar-refractivity contribution in [2.75, 3.05) is 6.54 Å². The molecule has 3 aromatic rings. The van der Waals surface area contributed by atoms with Crippen LogP contribution in [-0.2, 0) is 13.1 Å². The molecule has 0 spiro atoms. The Kier molecular flexibility index (Phi) is 5.88. The number of nitrogens with zero attached hydrogens (tertiary/aromatic N) is 5. The van der Waals surface area contributed by atoms with Crippen LogP contribution in [0.5, 0.6) is 0 Å². The van der Waals surface area contributed by atoms with Crippen molar-refractivity contribution in [3.63, 3.8) is 0 Å². The van der Waals surface area contributed by atoms with E-state index in [2.05, 4.69) is 31.4 Å². The van der Waals surface area contributed by atoms with Crippen molar-refractivity contribution in [3.05, 3.63) is 73.8 Å². The summed E-state index contributed by atoms with van der Waals surface area (Å²) in [5, 5.41) is 21.8. The average Bonchev–Trinajstić information content (AvgIpc) is 3.24. The Balaban J connectivity index is 1.54. The van der Waals surface area contributed by atoms with Gasteiger partial charge in [0.15, 0.2) is 0 Å². The zero-order chi connectivity index (χ0) is 20.3. The predicted octanol–water partition coefficient (Wildman–Crippen LogP) is 2.85. The lowest BCUT2D eigenvalue weighted by Gasteiger charge is -2.08. The summed E-state index contributed by atoms with van der Waals surface area (Å²) in [6, 6.07) is 7.33. The lowest BCUT2D eigenvalue weighted by atomic mass is 10.1. The number of hydrogen-bond donors (Lipinski definition) is 1. The molecule has 0 radical (unpaired) electrons. The first-order valence-electron chi connectivity index (χ1n) is 8.58. The Hall–Kier alpha value is -3.01. The summed E-state index contributed by atoms with van der Waals surface area (Å²) in [4.78, 5) is 22.4. The maximum Gasteiger partial charge on any atom is 0.306 e. The molecule has 1 N–H and O–H groups in total. The minimum atomic E-state index is -0.506. The van der Waals surface area contributed by atoms with E-state index in [0.29, 0.717) is 25.2 Å². The summed E-state index contributed by atoms with van der Waals surface area (Å²) in [5.41, 5.74) is 3.51. The van der Waals surface area contributed by atoms with Crippen molar-refractivity contribution in [2.45, 2.75) is 26.9 Å². The number of rotatable bonds is 7. The number of halogens is 1. The number of amides is 1. The van der Waals surface area contributed by atoms with Crippen molar-refractivity contribution in [1.29, 1.82) is 0 Å². The van der Waals surface area contributed by atoms with E-state index in [1.54, 1.807) is 12.1 Å². The van der Waals surface area contributed by atoms with Crippen molar-refractivity contribution < 1.29 is 9.72 Å². The summed E-state index contributed by atoms with van der Waals surface area (Å²) < 4.78 is 4.34. The first-order valence-corrected chi connectivity index (χ1v) is 9.38. The molecule has 3 rings (SSSR count). The van der Waals surface area contributed by atoms with Gasteiger partial charge in [0.1, 0.15) is 12.4 Å². The maximum atomic E-state index is 12.2. The molecule has 0 saturated heterocycles. The van der Waals surface area contributed by atoms with Gasteiger partial charge in [-0.15, -0.1) is 0 Å². The van der Waals surface area contributed by atoms with Gasteiger partial charge in [-0.05, 0) is 47.5 Å². The van der Waals surface area contributed by atoms with Gasteiger partial charge in [0.05, 0.1) is 33.9 Å².